The molecule has 7 heteroatoms. The fourth-order valence-corrected chi connectivity index (χ4v) is 3.19. The lowest BCUT2D eigenvalue weighted by Gasteiger charge is -2.10. The average Bonchev–Trinajstić information content (AvgIpc) is 2.83. The highest BCUT2D eigenvalue weighted by atomic mass is 32.2. The number of ether oxygens (including phenoxy) is 1. The van der Waals surface area contributed by atoms with Crippen LogP contribution in [0.3, 0.4) is 0 Å². The van der Waals surface area contributed by atoms with Gasteiger partial charge in [0.2, 0.25) is 0 Å². The standard InChI is InChI=1S/C14H18N2O4S/c1-10-6-12(20-3)4-5-14(10)15-21(18,19)13-7-11(9-17)16(2)8-13/h4-8,15,17H,9H2,1-3H3. The van der Waals surface area contributed by atoms with Crippen LogP contribution in [-0.4, -0.2) is 25.2 Å². The van der Waals surface area contributed by atoms with Gasteiger partial charge < -0.3 is 14.4 Å². The average molecular weight is 310 g/mol. The predicted molar refractivity (Wildman–Crippen MR) is 79.9 cm³/mol. The molecule has 1 aromatic carbocycles. The van der Waals surface area contributed by atoms with Crippen LogP contribution in [0, 0.1) is 6.92 Å². The fraction of sp³-hybridized carbons (Fsp3) is 0.286. The first-order valence-electron chi connectivity index (χ1n) is 6.31. The highest BCUT2D eigenvalue weighted by molar-refractivity contribution is 7.92. The van der Waals surface area contributed by atoms with E-state index in [1.807, 2.05) is 0 Å². The normalized spacial score (nSPS) is 11.4. The summed E-state index contributed by atoms with van der Waals surface area (Å²) in [5.74, 6) is 0.665. The largest absolute Gasteiger partial charge is 0.497 e. The molecular formula is C14H18N2O4S. The van der Waals surface area contributed by atoms with Gasteiger partial charge in [-0.2, -0.15) is 0 Å². The Morgan fingerprint density at radius 3 is 2.57 bits per heavy atom. The molecule has 0 aliphatic heterocycles. The topological polar surface area (TPSA) is 80.6 Å². The van der Waals surface area contributed by atoms with Crippen LogP contribution >= 0.6 is 0 Å². The van der Waals surface area contributed by atoms with Gasteiger partial charge in [0.25, 0.3) is 10.0 Å². The Kier molecular flexibility index (Phi) is 4.24. The van der Waals surface area contributed by atoms with Crippen LogP contribution in [0.1, 0.15) is 11.3 Å². The van der Waals surface area contributed by atoms with Crippen molar-refractivity contribution in [3.63, 3.8) is 0 Å². The van der Waals surface area contributed by atoms with E-state index >= 15 is 0 Å². The van der Waals surface area contributed by atoms with Crippen LogP contribution < -0.4 is 9.46 Å². The van der Waals surface area contributed by atoms with Crippen molar-refractivity contribution in [2.24, 2.45) is 7.05 Å². The smallest absolute Gasteiger partial charge is 0.263 e. The maximum atomic E-state index is 12.4. The summed E-state index contributed by atoms with van der Waals surface area (Å²) in [7, 11) is -0.452. The molecule has 2 N–H and O–H groups in total. The van der Waals surface area contributed by atoms with Gasteiger partial charge in [-0.25, -0.2) is 8.42 Å². The Bertz CT molecular complexity index is 750. The molecule has 0 radical (unpaired) electrons. The van der Waals surface area contributed by atoms with Crippen molar-refractivity contribution >= 4 is 15.7 Å². The lowest BCUT2D eigenvalue weighted by atomic mass is 10.2. The third kappa shape index (κ3) is 3.20. The van der Waals surface area contributed by atoms with Crippen LogP contribution in [-0.2, 0) is 23.7 Å². The molecule has 1 heterocycles. The van der Waals surface area contributed by atoms with Crippen LogP contribution in [0.15, 0.2) is 35.4 Å². The first-order chi connectivity index (χ1) is 9.87. The Hall–Kier alpha value is -1.99. The zero-order valence-corrected chi connectivity index (χ0v) is 12.9. The molecule has 114 valence electrons. The van der Waals surface area contributed by atoms with E-state index in [0.717, 1.165) is 5.56 Å². The zero-order valence-electron chi connectivity index (χ0n) is 12.1. The first kappa shape index (κ1) is 15.4. The number of aliphatic hydroxyl groups excluding tert-OH is 1. The van der Waals surface area contributed by atoms with Crippen molar-refractivity contribution < 1.29 is 18.3 Å². The summed E-state index contributed by atoms with van der Waals surface area (Å²) in [5, 5.41) is 9.14. The molecule has 0 aliphatic carbocycles. The quantitative estimate of drug-likeness (QED) is 0.879. The second-order valence-electron chi connectivity index (χ2n) is 4.72. The van der Waals surface area contributed by atoms with Gasteiger partial charge in [0.1, 0.15) is 10.6 Å². The monoisotopic (exact) mass is 310 g/mol. The van der Waals surface area contributed by atoms with Crippen molar-refractivity contribution in [2.45, 2.75) is 18.4 Å². The van der Waals surface area contributed by atoms with E-state index in [0.29, 0.717) is 17.1 Å². The number of sulfonamides is 1. The number of hydrogen-bond acceptors (Lipinski definition) is 4. The second-order valence-corrected chi connectivity index (χ2v) is 6.40. The molecule has 0 saturated heterocycles. The van der Waals surface area contributed by atoms with Gasteiger partial charge in [-0.05, 0) is 36.8 Å². The number of benzene rings is 1. The minimum Gasteiger partial charge on any atom is -0.497 e. The van der Waals surface area contributed by atoms with Crippen LogP contribution in [0.5, 0.6) is 5.75 Å². The van der Waals surface area contributed by atoms with E-state index < -0.39 is 10.0 Å². The Morgan fingerprint density at radius 2 is 2.05 bits per heavy atom. The molecule has 0 aliphatic rings. The molecule has 0 amide bonds. The number of aliphatic hydroxyl groups is 1. The minimum absolute atomic E-state index is 0.115. The second kappa shape index (κ2) is 5.79. The Morgan fingerprint density at radius 1 is 1.33 bits per heavy atom. The van der Waals surface area contributed by atoms with E-state index in [9.17, 15) is 8.42 Å². The highest BCUT2D eigenvalue weighted by Gasteiger charge is 2.18. The van der Waals surface area contributed by atoms with Crippen LogP contribution in [0.2, 0.25) is 0 Å². The molecule has 0 bridgehead atoms. The van der Waals surface area contributed by atoms with Gasteiger partial charge in [0.05, 0.1) is 19.4 Å². The molecule has 0 atom stereocenters. The molecule has 1 aromatic heterocycles. The van der Waals surface area contributed by atoms with Crippen LogP contribution in [0.25, 0.3) is 0 Å². The number of hydrogen-bond donors (Lipinski definition) is 2. The first-order valence-corrected chi connectivity index (χ1v) is 7.79. The summed E-state index contributed by atoms with van der Waals surface area (Å²) >= 11 is 0. The van der Waals surface area contributed by atoms with E-state index in [1.54, 1.807) is 43.8 Å². The third-order valence-electron chi connectivity index (χ3n) is 3.23. The predicted octanol–water partition coefficient (Wildman–Crippen LogP) is 1.64. The molecule has 0 fully saturated rings. The van der Waals surface area contributed by atoms with Crippen molar-refractivity contribution in [3.8, 4) is 5.75 Å². The number of anilines is 1. The Labute approximate surface area is 124 Å². The molecule has 0 unspecified atom stereocenters. The lowest BCUT2D eigenvalue weighted by Crippen LogP contribution is -2.13. The molecule has 2 rings (SSSR count). The molecule has 6 nitrogen and oxygen atoms in total. The van der Waals surface area contributed by atoms with Crippen LogP contribution in [0.4, 0.5) is 5.69 Å². The fourth-order valence-electron chi connectivity index (χ4n) is 1.96. The lowest BCUT2D eigenvalue weighted by molar-refractivity contribution is 0.272. The summed E-state index contributed by atoms with van der Waals surface area (Å²) in [6.07, 6.45) is 1.47. The molecule has 0 spiro atoms. The number of nitrogens with zero attached hydrogens (tertiary/aromatic N) is 1. The number of aromatic nitrogens is 1. The van der Waals surface area contributed by atoms with Crippen molar-refractivity contribution in [2.75, 3.05) is 11.8 Å². The molecule has 21 heavy (non-hydrogen) atoms. The molecule has 0 saturated carbocycles. The summed E-state index contributed by atoms with van der Waals surface area (Å²) in [5.41, 5.74) is 1.78. The third-order valence-corrected chi connectivity index (χ3v) is 4.57. The molecule has 2 aromatic rings. The highest BCUT2D eigenvalue weighted by Crippen LogP contribution is 2.24. The SMILES string of the molecule is COc1ccc(NS(=O)(=O)c2cc(CO)n(C)c2)c(C)c1. The molecular weight excluding hydrogens is 292 g/mol. The summed E-state index contributed by atoms with van der Waals surface area (Å²) < 4.78 is 33.9. The Balaban J connectivity index is 2.32. The van der Waals surface area contributed by atoms with Gasteiger partial charge in [-0.3, -0.25) is 4.72 Å². The number of nitrogens with one attached hydrogen (secondary N) is 1. The summed E-state index contributed by atoms with van der Waals surface area (Å²) in [6.45, 7) is 1.58. The number of methoxy groups -OCH3 is 1. The van der Waals surface area contributed by atoms with E-state index in [4.69, 9.17) is 9.84 Å². The number of aryl methyl sites for hydroxylation is 2. The van der Waals surface area contributed by atoms with Gasteiger partial charge in [-0.1, -0.05) is 0 Å². The van der Waals surface area contributed by atoms with E-state index in [2.05, 4.69) is 4.72 Å². The summed E-state index contributed by atoms with van der Waals surface area (Å²) in [6, 6.07) is 6.54. The minimum atomic E-state index is -3.69. The van der Waals surface area contributed by atoms with Gasteiger partial charge in [0, 0.05) is 18.9 Å². The van der Waals surface area contributed by atoms with Crippen molar-refractivity contribution in [1.82, 2.24) is 4.57 Å². The van der Waals surface area contributed by atoms with E-state index in [1.165, 1.54) is 12.3 Å². The number of rotatable bonds is 5. The van der Waals surface area contributed by atoms with Gasteiger partial charge in [-0.15, -0.1) is 0 Å². The van der Waals surface area contributed by atoms with Gasteiger partial charge in [0.15, 0.2) is 0 Å². The zero-order chi connectivity index (χ0) is 15.6. The summed E-state index contributed by atoms with van der Waals surface area (Å²) in [4.78, 5) is 0.115. The van der Waals surface area contributed by atoms with Crippen molar-refractivity contribution in [3.05, 3.63) is 41.7 Å². The van der Waals surface area contributed by atoms with Crippen molar-refractivity contribution in [1.29, 1.82) is 0 Å². The maximum Gasteiger partial charge on any atom is 0.263 e. The van der Waals surface area contributed by atoms with E-state index in [-0.39, 0.29) is 11.5 Å². The van der Waals surface area contributed by atoms with Gasteiger partial charge >= 0.3 is 0 Å². The maximum absolute atomic E-state index is 12.4.